The Balaban J connectivity index is 1.92. The number of fused-ring (bicyclic) bond motifs is 3. The zero-order valence-corrected chi connectivity index (χ0v) is 20.7. The van der Waals surface area contributed by atoms with Crippen molar-refractivity contribution in [2.45, 2.75) is 26.2 Å². The number of hydrogen-bond acceptors (Lipinski definition) is 7. The number of rotatable bonds is 2. The van der Waals surface area contributed by atoms with Gasteiger partial charge in [0.2, 0.25) is 5.78 Å². The molecule has 7 nitrogen and oxygen atoms in total. The molecule has 0 amide bonds. The number of ketones is 1. The van der Waals surface area contributed by atoms with Gasteiger partial charge in [0.25, 0.3) is 0 Å². The molecule has 5 N–H and O–H groups in total. The van der Waals surface area contributed by atoms with E-state index in [1.54, 1.807) is 13.0 Å². The normalized spacial score (nSPS) is 14.0. The van der Waals surface area contributed by atoms with Crippen LogP contribution in [0.2, 0.25) is 5.02 Å². The van der Waals surface area contributed by atoms with Crippen LogP contribution in [0.25, 0.3) is 21.9 Å². The minimum absolute atomic E-state index is 0.00759. The third kappa shape index (κ3) is 3.09. The number of phenols is 5. The number of methoxy groups -OCH3 is 1. The number of halogens is 1. The minimum Gasteiger partial charge on any atom is -0.508 e. The van der Waals surface area contributed by atoms with E-state index < -0.39 is 16.9 Å². The number of carbonyl (C=O) groups excluding carboxylic acids is 1. The topological polar surface area (TPSA) is 127 Å². The lowest BCUT2D eigenvalue weighted by molar-refractivity contribution is 0.102. The van der Waals surface area contributed by atoms with Crippen LogP contribution >= 0.6 is 11.6 Å². The summed E-state index contributed by atoms with van der Waals surface area (Å²) in [5.74, 6) is -1.62. The SMILES string of the molecule is COc1cc(O)c(-c2cc(O)cc3cc4c(c(O)c23)C(=O)c2c(O)cc(O)cc2C4(C)C)c(C)c1Cl. The van der Waals surface area contributed by atoms with E-state index in [1.165, 1.54) is 31.4 Å². The van der Waals surface area contributed by atoms with Crippen LogP contribution in [0.5, 0.6) is 34.5 Å². The summed E-state index contributed by atoms with van der Waals surface area (Å²) in [6.07, 6.45) is 0. The molecule has 1 aliphatic rings. The molecule has 0 aromatic heterocycles. The highest BCUT2D eigenvalue weighted by Gasteiger charge is 2.41. The second-order valence-corrected chi connectivity index (χ2v) is 9.87. The number of phenolic OH excluding ortho intramolecular Hbond substituents is 5. The third-order valence-electron chi connectivity index (χ3n) is 7.03. The maximum absolute atomic E-state index is 13.6. The summed E-state index contributed by atoms with van der Waals surface area (Å²) in [6.45, 7) is 5.29. The largest absolute Gasteiger partial charge is 0.508 e. The fraction of sp³-hybridized carbons (Fsp3) is 0.179. The molecule has 0 spiro atoms. The van der Waals surface area contributed by atoms with Gasteiger partial charge in [-0.3, -0.25) is 4.79 Å². The van der Waals surface area contributed by atoms with E-state index in [0.29, 0.717) is 22.1 Å². The average molecular weight is 507 g/mol. The summed E-state index contributed by atoms with van der Waals surface area (Å²) in [7, 11) is 1.42. The second-order valence-electron chi connectivity index (χ2n) is 9.49. The quantitative estimate of drug-likeness (QED) is 0.230. The summed E-state index contributed by atoms with van der Waals surface area (Å²) in [4.78, 5) is 13.6. The molecule has 5 rings (SSSR count). The Hall–Kier alpha value is -4.10. The van der Waals surface area contributed by atoms with Crippen LogP contribution in [0.15, 0.2) is 36.4 Å². The maximum atomic E-state index is 13.6. The molecule has 1 aliphatic carbocycles. The molecule has 0 saturated heterocycles. The van der Waals surface area contributed by atoms with Crippen molar-refractivity contribution < 1.29 is 35.1 Å². The lowest BCUT2D eigenvalue weighted by Crippen LogP contribution is -2.30. The van der Waals surface area contributed by atoms with Crippen molar-refractivity contribution in [3.8, 4) is 45.6 Å². The van der Waals surface area contributed by atoms with Gasteiger partial charge in [0.15, 0.2) is 0 Å². The number of benzene rings is 4. The Morgan fingerprint density at radius 1 is 0.806 bits per heavy atom. The van der Waals surface area contributed by atoms with Crippen LogP contribution in [0.3, 0.4) is 0 Å². The van der Waals surface area contributed by atoms with E-state index >= 15 is 0 Å². The van der Waals surface area contributed by atoms with Crippen LogP contribution in [0, 0.1) is 6.92 Å². The van der Waals surface area contributed by atoms with Crippen LogP contribution in [0.4, 0.5) is 0 Å². The first-order chi connectivity index (χ1) is 16.9. The Kier molecular flexibility index (Phi) is 5.05. The Morgan fingerprint density at radius 2 is 1.42 bits per heavy atom. The molecular weight excluding hydrogens is 484 g/mol. The van der Waals surface area contributed by atoms with Crippen molar-refractivity contribution >= 4 is 28.2 Å². The molecule has 0 heterocycles. The van der Waals surface area contributed by atoms with E-state index in [-0.39, 0.29) is 61.4 Å². The standard InChI is InChI=1S/C28H23ClO7/c1-11-21(19(33)10-20(36-4)25(11)29)15-7-13(30)5-12-6-16-24(26(34)22(12)15)27(35)23-17(28(16,2)3)8-14(31)9-18(23)32/h5-10,30-34H,1-4H3. The van der Waals surface area contributed by atoms with Gasteiger partial charge in [0.1, 0.15) is 34.5 Å². The highest BCUT2D eigenvalue weighted by molar-refractivity contribution is 6.33. The molecule has 0 bridgehead atoms. The van der Waals surface area contributed by atoms with Gasteiger partial charge in [0, 0.05) is 34.1 Å². The third-order valence-corrected chi connectivity index (χ3v) is 7.50. The molecule has 0 unspecified atom stereocenters. The van der Waals surface area contributed by atoms with Crippen molar-refractivity contribution in [2.75, 3.05) is 7.11 Å². The first-order valence-corrected chi connectivity index (χ1v) is 11.5. The van der Waals surface area contributed by atoms with Gasteiger partial charge in [-0.25, -0.2) is 0 Å². The van der Waals surface area contributed by atoms with Crippen LogP contribution < -0.4 is 4.74 Å². The smallest absolute Gasteiger partial charge is 0.201 e. The summed E-state index contributed by atoms with van der Waals surface area (Å²) in [5.41, 5.74) is 0.920. The lowest BCUT2D eigenvalue weighted by atomic mass is 9.67. The summed E-state index contributed by atoms with van der Waals surface area (Å²) in [5, 5.41) is 54.5. The van der Waals surface area contributed by atoms with Gasteiger partial charge in [0.05, 0.1) is 23.3 Å². The summed E-state index contributed by atoms with van der Waals surface area (Å²) in [6, 6.07) is 8.36. The van der Waals surface area contributed by atoms with Gasteiger partial charge in [-0.2, -0.15) is 0 Å². The van der Waals surface area contributed by atoms with Gasteiger partial charge in [-0.05, 0) is 53.3 Å². The fourth-order valence-corrected chi connectivity index (χ4v) is 5.50. The molecular formula is C28H23ClO7. The highest BCUT2D eigenvalue weighted by atomic mass is 35.5. The van der Waals surface area contributed by atoms with Crippen LogP contribution in [-0.4, -0.2) is 38.4 Å². The predicted molar refractivity (Wildman–Crippen MR) is 136 cm³/mol. The van der Waals surface area contributed by atoms with Crippen LogP contribution in [-0.2, 0) is 5.41 Å². The maximum Gasteiger partial charge on any atom is 0.201 e. The van der Waals surface area contributed by atoms with Crippen LogP contribution in [0.1, 0.15) is 46.5 Å². The summed E-state index contributed by atoms with van der Waals surface area (Å²) >= 11 is 6.45. The van der Waals surface area contributed by atoms with E-state index in [1.807, 2.05) is 13.8 Å². The molecule has 8 heteroatoms. The highest BCUT2D eigenvalue weighted by Crippen LogP contribution is 2.53. The zero-order chi connectivity index (χ0) is 26.3. The zero-order valence-electron chi connectivity index (χ0n) is 19.9. The summed E-state index contributed by atoms with van der Waals surface area (Å²) < 4.78 is 5.22. The van der Waals surface area contributed by atoms with Gasteiger partial charge in [-0.1, -0.05) is 25.4 Å². The van der Waals surface area contributed by atoms with Gasteiger partial charge >= 0.3 is 0 Å². The van der Waals surface area contributed by atoms with Crippen molar-refractivity contribution in [2.24, 2.45) is 0 Å². The molecule has 0 radical (unpaired) electrons. The number of hydrogen-bond donors (Lipinski definition) is 5. The predicted octanol–water partition coefficient (Wildman–Crippen LogP) is 5.88. The number of aromatic hydroxyl groups is 5. The van der Waals surface area contributed by atoms with Crippen molar-refractivity contribution in [3.05, 3.63) is 69.2 Å². The number of ether oxygens (including phenoxy) is 1. The molecule has 0 fully saturated rings. The Bertz CT molecular complexity index is 1640. The molecule has 184 valence electrons. The Morgan fingerprint density at radius 3 is 2.08 bits per heavy atom. The molecule has 0 atom stereocenters. The molecule has 4 aromatic carbocycles. The second kappa shape index (κ2) is 7.70. The van der Waals surface area contributed by atoms with E-state index in [0.717, 1.165) is 6.07 Å². The molecule has 36 heavy (non-hydrogen) atoms. The van der Waals surface area contributed by atoms with Crippen molar-refractivity contribution in [1.29, 1.82) is 0 Å². The number of carbonyl (C=O) groups is 1. The first-order valence-electron chi connectivity index (χ1n) is 11.1. The first kappa shape index (κ1) is 23.6. The van der Waals surface area contributed by atoms with E-state index in [9.17, 15) is 30.3 Å². The van der Waals surface area contributed by atoms with E-state index in [4.69, 9.17) is 16.3 Å². The Labute approximate surface area is 211 Å². The minimum atomic E-state index is -0.895. The molecule has 4 aromatic rings. The lowest BCUT2D eigenvalue weighted by Gasteiger charge is -2.35. The van der Waals surface area contributed by atoms with Crippen molar-refractivity contribution in [1.82, 2.24) is 0 Å². The van der Waals surface area contributed by atoms with Crippen molar-refractivity contribution in [3.63, 3.8) is 0 Å². The molecule has 0 aliphatic heterocycles. The van der Waals surface area contributed by atoms with Gasteiger partial charge < -0.3 is 30.3 Å². The molecule has 0 saturated carbocycles. The monoisotopic (exact) mass is 506 g/mol. The van der Waals surface area contributed by atoms with E-state index in [2.05, 4.69) is 0 Å². The van der Waals surface area contributed by atoms with Gasteiger partial charge in [-0.15, -0.1) is 0 Å². The fourth-order valence-electron chi connectivity index (χ4n) is 5.28. The average Bonchev–Trinajstić information content (AvgIpc) is 2.79.